The van der Waals surface area contributed by atoms with Crippen molar-refractivity contribution in [2.75, 3.05) is 20.8 Å². The Hall–Kier alpha value is -1.78. The summed E-state index contributed by atoms with van der Waals surface area (Å²) in [7, 11) is 2.52. The Balaban J connectivity index is 3.28. The maximum Gasteiger partial charge on any atom is 0.344 e. The van der Waals surface area contributed by atoms with E-state index in [1.54, 1.807) is 6.92 Å². The molecule has 0 aliphatic rings. The number of rotatable bonds is 4. The van der Waals surface area contributed by atoms with Gasteiger partial charge in [-0.15, -0.1) is 0 Å². The van der Waals surface area contributed by atoms with Crippen molar-refractivity contribution in [2.24, 2.45) is 0 Å². The second-order valence-corrected chi connectivity index (χ2v) is 2.88. The van der Waals surface area contributed by atoms with Crippen LogP contribution in [-0.4, -0.2) is 26.8 Å². The first-order chi connectivity index (χ1) is 7.65. The van der Waals surface area contributed by atoms with E-state index in [0.29, 0.717) is 6.61 Å². The number of hydrogen-bond donors (Lipinski definition) is 0. The van der Waals surface area contributed by atoms with E-state index >= 15 is 0 Å². The van der Waals surface area contributed by atoms with E-state index in [0.717, 1.165) is 0 Å². The third kappa shape index (κ3) is 2.24. The van der Waals surface area contributed by atoms with Crippen molar-refractivity contribution in [2.45, 2.75) is 6.92 Å². The average molecular weight is 228 g/mol. The van der Waals surface area contributed by atoms with Crippen molar-refractivity contribution in [1.29, 1.82) is 0 Å². The van der Waals surface area contributed by atoms with Gasteiger partial charge in [-0.2, -0.15) is 0 Å². The number of carbonyl (C=O) groups excluding carboxylic acids is 1. The van der Waals surface area contributed by atoms with Crippen LogP contribution in [0.25, 0.3) is 0 Å². The molecule has 0 unspecified atom stereocenters. The van der Waals surface area contributed by atoms with Gasteiger partial charge in [0.25, 0.3) is 0 Å². The van der Waals surface area contributed by atoms with Gasteiger partial charge in [0.15, 0.2) is 11.6 Å². The summed E-state index contributed by atoms with van der Waals surface area (Å²) in [6, 6.07) is 2.87. The molecule has 0 fully saturated rings. The number of carbonyl (C=O) groups is 1. The van der Waals surface area contributed by atoms with Crippen LogP contribution in [0, 0.1) is 5.82 Å². The van der Waals surface area contributed by atoms with E-state index < -0.39 is 11.8 Å². The Morgan fingerprint density at radius 3 is 2.44 bits per heavy atom. The van der Waals surface area contributed by atoms with Crippen molar-refractivity contribution in [1.82, 2.24) is 0 Å². The fourth-order valence-electron chi connectivity index (χ4n) is 1.27. The Bertz CT molecular complexity index is 390. The summed E-state index contributed by atoms with van der Waals surface area (Å²) in [6.45, 7) is 2.03. The van der Waals surface area contributed by atoms with Crippen LogP contribution in [0.5, 0.6) is 11.5 Å². The normalized spacial score (nSPS) is 9.75. The average Bonchev–Trinajstić information content (AvgIpc) is 2.30. The minimum absolute atomic E-state index is 0.00343. The van der Waals surface area contributed by atoms with Gasteiger partial charge < -0.3 is 14.2 Å². The lowest BCUT2D eigenvalue weighted by molar-refractivity contribution is 0.0590. The third-order valence-corrected chi connectivity index (χ3v) is 1.98. The first-order valence-corrected chi connectivity index (χ1v) is 4.73. The Morgan fingerprint density at radius 1 is 1.31 bits per heavy atom. The maximum absolute atomic E-state index is 13.8. The molecule has 0 atom stereocenters. The number of esters is 1. The molecule has 0 bridgehead atoms. The Kier molecular flexibility index (Phi) is 4.10. The molecule has 5 heteroatoms. The number of hydrogen-bond acceptors (Lipinski definition) is 4. The molecule has 0 aliphatic heterocycles. The van der Waals surface area contributed by atoms with Crippen LogP contribution in [0.2, 0.25) is 0 Å². The fourth-order valence-corrected chi connectivity index (χ4v) is 1.27. The fraction of sp³-hybridized carbons (Fsp3) is 0.364. The number of benzene rings is 1. The van der Waals surface area contributed by atoms with Gasteiger partial charge in [0.2, 0.25) is 0 Å². The predicted molar refractivity (Wildman–Crippen MR) is 55.5 cm³/mol. The van der Waals surface area contributed by atoms with E-state index in [1.165, 1.54) is 26.4 Å². The summed E-state index contributed by atoms with van der Waals surface area (Å²) in [5, 5.41) is 0. The van der Waals surface area contributed by atoms with E-state index in [1.807, 2.05) is 0 Å². The molecular formula is C11H13FO4. The van der Waals surface area contributed by atoms with Crippen LogP contribution in [0.1, 0.15) is 17.3 Å². The summed E-state index contributed by atoms with van der Waals surface area (Å²) >= 11 is 0. The minimum Gasteiger partial charge on any atom is -0.496 e. The van der Waals surface area contributed by atoms with Crippen LogP contribution in [-0.2, 0) is 4.74 Å². The lowest BCUT2D eigenvalue weighted by Crippen LogP contribution is -2.09. The molecule has 0 radical (unpaired) electrons. The summed E-state index contributed by atoms with van der Waals surface area (Å²) in [4.78, 5) is 11.4. The molecule has 1 rings (SSSR count). The number of ether oxygens (including phenoxy) is 3. The molecule has 88 valence electrons. The summed E-state index contributed by atoms with van der Waals surface area (Å²) in [5.74, 6) is -1.44. The van der Waals surface area contributed by atoms with Crippen LogP contribution < -0.4 is 9.47 Å². The highest BCUT2D eigenvalue weighted by molar-refractivity contribution is 5.93. The van der Waals surface area contributed by atoms with E-state index in [2.05, 4.69) is 4.74 Å². The van der Waals surface area contributed by atoms with E-state index in [9.17, 15) is 9.18 Å². The van der Waals surface area contributed by atoms with E-state index in [4.69, 9.17) is 9.47 Å². The highest BCUT2D eigenvalue weighted by Crippen LogP contribution is 2.29. The van der Waals surface area contributed by atoms with Gasteiger partial charge in [0, 0.05) is 0 Å². The van der Waals surface area contributed by atoms with Gasteiger partial charge in [0.05, 0.1) is 20.8 Å². The van der Waals surface area contributed by atoms with Gasteiger partial charge in [-0.05, 0) is 19.1 Å². The van der Waals surface area contributed by atoms with Gasteiger partial charge in [-0.3, -0.25) is 0 Å². The van der Waals surface area contributed by atoms with E-state index in [-0.39, 0.29) is 17.1 Å². The van der Waals surface area contributed by atoms with Gasteiger partial charge in [-0.25, -0.2) is 9.18 Å². The lowest BCUT2D eigenvalue weighted by Gasteiger charge is -2.11. The second-order valence-electron chi connectivity index (χ2n) is 2.88. The van der Waals surface area contributed by atoms with Gasteiger partial charge >= 0.3 is 5.97 Å². The smallest absolute Gasteiger partial charge is 0.344 e. The molecule has 0 amide bonds. The highest BCUT2D eigenvalue weighted by atomic mass is 19.1. The van der Waals surface area contributed by atoms with Crippen molar-refractivity contribution in [3.63, 3.8) is 0 Å². The topological polar surface area (TPSA) is 44.8 Å². The molecule has 1 aromatic carbocycles. The summed E-state index contributed by atoms with van der Waals surface area (Å²) < 4.78 is 28.2. The molecule has 0 aromatic heterocycles. The standard InChI is InChI=1S/C11H13FO4/c1-4-16-8-6-5-7(14-2)9(10(8)12)11(13)15-3/h5-6H,4H2,1-3H3. The molecule has 0 N–H and O–H groups in total. The monoisotopic (exact) mass is 228 g/mol. The predicted octanol–water partition coefficient (Wildman–Crippen LogP) is 2.02. The minimum atomic E-state index is -0.795. The largest absolute Gasteiger partial charge is 0.496 e. The van der Waals surface area contributed by atoms with Crippen LogP contribution >= 0.6 is 0 Å². The Morgan fingerprint density at radius 2 is 1.94 bits per heavy atom. The molecule has 0 spiro atoms. The van der Waals surface area contributed by atoms with Gasteiger partial charge in [-0.1, -0.05) is 0 Å². The molecule has 0 saturated heterocycles. The zero-order valence-electron chi connectivity index (χ0n) is 9.37. The van der Waals surface area contributed by atoms with Crippen molar-refractivity contribution < 1.29 is 23.4 Å². The van der Waals surface area contributed by atoms with Crippen LogP contribution in [0.3, 0.4) is 0 Å². The highest BCUT2D eigenvalue weighted by Gasteiger charge is 2.22. The van der Waals surface area contributed by atoms with Crippen molar-refractivity contribution >= 4 is 5.97 Å². The number of methoxy groups -OCH3 is 2. The van der Waals surface area contributed by atoms with Crippen LogP contribution in [0.4, 0.5) is 4.39 Å². The molecule has 0 heterocycles. The number of halogens is 1. The van der Waals surface area contributed by atoms with Crippen molar-refractivity contribution in [3.05, 3.63) is 23.5 Å². The molecule has 1 aromatic rings. The van der Waals surface area contributed by atoms with Gasteiger partial charge in [0.1, 0.15) is 11.3 Å². The molecule has 0 aliphatic carbocycles. The molecule has 0 saturated carbocycles. The molecular weight excluding hydrogens is 215 g/mol. The first-order valence-electron chi connectivity index (χ1n) is 4.73. The first kappa shape index (κ1) is 12.3. The Labute approximate surface area is 92.9 Å². The zero-order valence-corrected chi connectivity index (χ0v) is 9.37. The second kappa shape index (κ2) is 5.34. The zero-order chi connectivity index (χ0) is 12.1. The van der Waals surface area contributed by atoms with Crippen LogP contribution in [0.15, 0.2) is 12.1 Å². The molecule has 16 heavy (non-hydrogen) atoms. The lowest BCUT2D eigenvalue weighted by atomic mass is 10.1. The summed E-state index contributed by atoms with van der Waals surface area (Å²) in [5.41, 5.74) is -0.254. The molecule has 4 nitrogen and oxygen atoms in total. The summed E-state index contributed by atoms with van der Waals surface area (Å²) in [6.07, 6.45) is 0. The van der Waals surface area contributed by atoms with Crippen molar-refractivity contribution in [3.8, 4) is 11.5 Å². The quantitative estimate of drug-likeness (QED) is 0.739. The maximum atomic E-state index is 13.8. The third-order valence-electron chi connectivity index (χ3n) is 1.98. The SMILES string of the molecule is CCOc1ccc(OC)c(C(=O)OC)c1F.